The Kier molecular flexibility index (Phi) is 7.13. The van der Waals surface area contributed by atoms with Gasteiger partial charge in [0.1, 0.15) is 5.60 Å². The standard InChI is InChI=1S/C17H34N2O3/c1-13(2)19(11-14(3)20)12-15-7-9-18(10-8-15)16(21)22-17(4,5)6/h13-15,20H,7-12H2,1-6H3. The molecule has 1 unspecified atom stereocenters. The van der Waals surface area contributed by atoms with Crippen molar-refractivity contribution in [2.45, 2.75) is 72.1 Å². The van der Waals surface area contributed by atoms with Crippen LogP contribution < -0.4 is 0 Å². The highest BCUT2D eigenvalue weighted by molar-refractivity contribution is 5.68. The molecule has 5 heteroatoms. The van der Waals surface area contributed by atoms with Crippen molar-refractivity contribution in [3.8, 4) is 0 Å². The number of nitrogens with zero attached hydrogens (tertiary/aromatic N) is 2. The van der Waals surface area contributed by atoms with E-state index in [1.165, 1.54) is 0 Å². The third-order valence-corrected chi connectivity index (χ3v) is 3.99. The van der Waals surface area contributed by atoms with Crippen LogP contribution in [0, 0.1) is 5.92 Å². The summed E-state index contributed by atoms with van der Waals surface area (Å²) in [5, 5.41) is 9.61. The van der Waals surface area contributed by atoms with E-state index in [0.717, 1.165) is 32.5 Å². The fourth-order valence-electron chi connectivity index (χ4n) is 2.79. The summed E-state index contributed by atoms with van der Waals surface area (Å²) in [7, 11) is 0. The lowest BCUT2D eigenvalue weighted by Crippen LogP contribution is -2.45. The van der Waals surface area contributed by atoms with Crippen molar-refractivity contribution < 1.29 is 14.6 Å². The molecule has 0 bridgehead atoms. The molecule has 1 amide bonds. The smallest absolute Gasteiger partial charge is 0.410 e. The van der Waals surface area contributed by atoms with Gasteiger partial charge in [0.05, 0.1) is 6.10 Å². The lowest BCUT2D eigenvalue weighted by atomic mass is 9.96. The van der Waals surface area contributed by atoms with Crippen molar-refractivity contribution in [2.75, 3.05) is 26.2 Å². The molecule has 0 radical (unpaired) electrons. The van der Waals surface area contributed by atoms with Crippen LogP contribution in [-0.2, 0) is 4.74 Å². The maximum absolute atomic E-state index is 12.1. The quantitative estimate of drug-likeness (QED) is 0.848. The molecule has 0 aromatic heterocycles. The molecule has 0 aromatic carbocycles. The molecule has 1 aliphatic rings. The fourth-order valence-corrected chi connectivity index (χ4v) is 2.79. The second kappa shape index (κ2) is 8.16. The van der Waals surface area contributed by atoms with Gasteiger partial charge in [-0.2, -0.15) is 0 Å². The molecule has 1 fully saturated rings. The zero-order valence-electron chi connectivity index (χ0n) is 15.1. The molecule has 1 saturated heterocycles. The maximum atomic E-state index is 12.1. The van der Waals surface area contributed by atoms with Crippen molar-refractivity contribution in [2.24, 2.45) is 5.92 Å². The summed E-state index contributed by atoms with van der Waals surface area (Å²) in [5.41, 5.74) is -0.431. The summed E-state index contributed by atoms with van der Waals surface area (Å²) in [6.45, 7) is 15.1. The predicted molar refractivity (Wildman–Crippen MR) is 88.9 cm³/mol. The van der Waals surface area contributed by atoms with Crippen LogP contribution in [0.1, 0.15) is 54.4 Å². The highest BCUT2D eigenvalue weighted by Crippen LogP contribution is 2.21. The number of hydrogen-bond donors (Lipinski definition) is 1. The maximum Gasteiger partial charge on any atom is 0.410 e. The predicted octanol–water partition coefficient (Wildman–Crippen LogP) is 2.72. The highest BCUT2D eigenvalue weighted by atomic mass is 16.6. The molecular formula is C17H34N2O3. The van der Waals surface area contributed by atoms with Crippen molar-refractivity contribution in [3.63, 3.8) is 0 Å². The molecule has 0 aromatic rings. The highest BCUT2D eigenvalue weighted by Gasteiger charge is 2.28. The van der Waals surface area contributed by atoms with Crippen LogP contribution in [0.15, 0.2) is 0 Å². The minimum Gasteiger partial charge on any atom is -0.444 e. The molecule has 1 aliphatic heterocycles. The zero-order valence-corrected chi connectivity index (χ0v) is 15.1. The Morgan fingerprint density at radius 2 is 1.82 bits per heavy atom. The average Bonchev–Trinajstić information content (AvgIpc) is 2.36. The van der Waals surface area contributed by atoms with E-state index in [-0.39, 0.29) is 12.2 Å². The van der Waals surface area contributed by atoms with Gasteiger partial charge in [-0.15, -0.1) is 0 Å². The Bertz CT molecular complexity index is 342. The fraction of sp³-hybridized carbons (Fsp3) is 0.941. The molecule has 0 aliphatic carbocycles. The van der Waals surface area contributed by atoms with Crippen LogP contribution in [0.4, 0.5) is 4.79 Å². The van der Waals surface area contributed by atoms with Gasteiger partial charge in [0.15, 0.2) is 0 Å². The number of aliphatic hydroxyl groups is 1. The Labute approximate surface area is 135 Å². The van der Waals surface area contributed by atoms with Gasteiger partial charge in [-0.05, 0) is 60.3 Å². The van der Waals surface area contributed by atoms with E-state index in [0.29, 0.717) is 18.5 Å². The van der Waals surface area contributed by atoms with Crippen molar-refractivity contribution in [3.05, 3.63) is 0 Å². The molecule has 5 nitrogen and oxygen atoms in total. The summed E-state index contributed by atoms with van der Waals surface area (Å²) in [6, 6.07) is 0.429. The van der Waals surface area contributed by atoms with Gasteiger partial charge in [0.25, 0.3) is 0 Å². The number of aliphatic hydroxyl groups excluding tert-OH is 1. The van der Waals surface area contributed by atoms with Crippen LogP contribution in [0.3, 0.4) is 0 Å². The van der Waals surface area contributed by atoms with Crippen LogP contribution in [-0.4, -0.2) is 64.9 Å². The second-order valence-corrected chi connectivity index (χ2v) is 7.81. The number of rotatable bonds is 5. The molecule has 1 rings (SSSR count). The summed E-state index contributed by atoms with van der Waals surface area (Å²) in [5.74, 6) is 0.583. The van der Waals surface area contributed by atoms with Crippen LogP contribution in [0.5, 0.6) is 0 Å². The Hall–Kier alpha value is -0.810. The minimum atomic E-state index is -0.431. The SMILES string of the molecule is CC(O)CN(CC1CCN(C(=O)OC(C)(C)C)CC1)C(C)C. The van der Waals surface area contributed by atoms with Gasteiger partial charge in [-0.1, -0.05) is 0 Å². The molecule has 0 saturated carbocycles. The molecule has 130 valence electrons. The molecule has 0 spiro atoms. The van der Waals surface area contributed by atoms with E-state index >= 15 is 0 Å². The summed E-state index contributed by atoms with van der Waals surface area (Å²) < 4.78 is 5.43. The molecular weight excluding hydrogens is 280 g/mol. The Morgan fingerprint density at radius 1 is 1.27 bits per heavy atom. The molecule has 22 heavy (non-hydrogen) atoms. The lowest BCUT2D eigenvalue weighted by Gasteiger charge is -2.37. The summed E-state index contributed by atoms with van der Waals surface area (Å²) in [6.07, 6.45) is 1.50. The summed E-state index contributed by atoms with van der Waals surface area (Å²) >= 11 is 0. The van der Waals surface area contributed by atoms with Crippen molar-refractivity contribution in [1.82, 2.24) is 9.80 Å². The largest absolute Gasteiger partial charge is 0.444 e. The lowest BCUT2D eigenvalue weighted by molar-refractivity contribution is 0.0153. The number of piperidine rings is 1. The van der Waals surface area contributed by atoms with E-state index in [1.807, 2.05) is 32.6 Å². The normalized spacial score (nSPS) is 18.9. The van der Waals surface area contributed by atoms with E-state index in [4.69, 9.17) is 4.74 Å². The van der Waals surface area contributed by atoms with Crippen LogP contribution in [0.2, 0.25) is 0 Å². The first-order valence-electron chi connectivity index (χ1n) is 8.48. The molecule has 1 atom stereocenters. The van der Waals surface area contributed by atoms with Gasteiger partial charge >= 0.3 is 6.09 Å². The Balaban J connectivity index is 2.42. The third-order valence-electron chi connectivity index (χ3n) is 3.99. The van der Waals surface area contributed by atoms with E-state index < -0.39 is 5.60 Å². The van der Waals surface area contributed by atoms with E-state index in [2.05, 4.69) is 18.7 Å². The number of carbonyl (C=O) groups excluding carboxylic acids is 1. The van der Waals surface area contributed by atoms with Gasteiger partial charge in [0.2, 0.25) is 0 Å². The minimum absolute atomic E-state index is 0.198. The third kappa shape index (κ3) is 6.97. The zero-order chi connectivity index (χ0) is 16.9. The number of likely N-dealkylation sites (tertiary alicyclic amines) is 1. The second-order valence-electron chi connectivity index (χ2n) is 7.81. The monoisotopic (exact) mass is 314 g/mol. The van der Waals surface area contributed by atoms with Crippen molar-refractivity contribution in [1.29, 1.82) is 0 Å². The summed E-state index contributed by atoms with van der Waals surface area (Å²) in [4.78, 5) is 16.2. The number of hydrogen-bond acceptors (Lipinski definition) is 4. The van der Waals surface area contributed by atoms with E-state index in [1.54, 1.807) is 0 Å². The van der Waals surface area contributed by atoms with Gasteiger partial charge in [0, 0.05) is 32.2 Å². The van der Waals surface area contributed by atoms with Gasteiger partial charge in [-0.3, -0.25) is 4.90 Å². The Morgan fingerprint density at radius 3 is 2.23 bits per heavy atom. The first-order chi connectivity index (χ1) is 10.1. The first-order valence-corrected chi connectivity index (χ1v) is 8.48. The van der Waals surface area contributed by atoms with Gasteiger partial charge in [-0.25, -0.2) is 4.79 Å². The van der Waals surface area contributed by atoms with Crippen LogP contribution in [0.25, 0.3) is 0 Å². The molecule has 1 N–H and O–H groups in total. The number of carbonyl (C=O) groups is 1. The van der Waals surface area contributed by atoms with Crippen molar-refractivity contribution >= 4 is 6.09 Å². The number of amides is 1. The average molecular weight is 314 g/mol. The molecule has 1 heterocycles. The van der Waals surface area contributed by atoms with E-state index in [9.17, 15) is 9.90 Å². The topological polar surface area (TPSA) is 53.0 Å². The van der Waals surface area contributed by atoms with Gasteiger partial charge < -0.3 is 14.7 Å². The van der Waals surface area contributed by atoms with Crippen LogP contribution >= 0.6 is 0 Å². The first kappa shape index (κ1) is 19.2. The number of ether oxygens (including phenoxy) is 1.